The first kappa shape index (κ1) is 15.5. The summed E-state index contributed by atoms with van der Waals surface area (Å²) in [6.45, 7) is 6.72. The van der Waals surface area contributed by atoms with E-state index in [0.717, 1.165) is 24.9 Å². The third kappa shape index (κ3) is 3.81. The van der Waals surface area contributed by atoms with Crippen molar-refractivity contribution in [3.05, 3.63) is 29.8 Å². The van der Waals surface area contributed by atoms with Gasteiger partial charge in [0, 0.05) is 19.6 Å². The molecule has 0 spiro atoms. The molecule has 0 heterocycles. The molecule has 1 aromatic carbocycles. The average Bonchev–Trinajstić information content (AvgIpc) is 3.26. The Morgan fingerprint density at radius 3 is 2.65 bits per heavy atom. The van der Waals surface area contributed by atoms with Crippen molar-refractivity contribution in [2.24, 2.45) is 5.92 Å². The molecule has 4 nitrogen and oxygen atoms in total. The number of rotatable bonds is 8. The van der Waals surface area contributed by atoms with Crippen molar-refractivity contribution in [2.75, 3.05) is 19.6 Å². The predicted octanol–water partition coefficient (Wildman–Crippen LogP) is 2.22. The lowest BCUT2D eigenvalue weighted by Crippen LogP contribution is -2.32. The SMILES string of the molecule is CCNCc1cccc(S(=O)(=O)N(CC)CC2CC2)c1. The monoisotopic (exact) mass is 296 g/mol. The van der Waals surface area contributed by atoms with E-state index in [4.69, 9.17) is 0 Å². The summed E-state index contributed by atoms with van der Waals surface area (Å²) in [6.07, 6.45) is 2.32. The quantitative estimate of drug-likeness (QED) is 0.800. The molecule has 1 aromatic rings. The number of nitrogens with zero attached hydrogens (tertiary/aromatic N) is 1. The second kappa shape index (κ2) is 6.70. The molecule has 0 saturated heterocycles. The molecular weight excluding hydrogens is 272 g/mol. The lowest BCUT2D eigenvalue weighted by atomic mass is 10.2. The van der Waals surface area contributed by atoms with Crippen LogP contribution in [-0.2, 0) is 16.6 Å². The molecule has 1 aliphatic rings. The van der Waals surface area contributed by atoms with Gasteiger partial charge in [-0.3, -0.25) is 0 Å². The van der Waals surface area contributed by atoms with Crippen LogP contribution in [-0.4, -0.2) is 32.4 Å². The van der Waals surface area contributed by atoms with Crippen LogP contribution in [0, 0.1) is 5.92 Å². The van der Waals surface area contributed by atoms with E-state index < -0.39 is 10.0 Å². The van der Waals surface area contributed by atoms with E-state index in [1.165, 1.54) is 0 Å². The van der Waals surface area contributed by atoms with Gasteiger partial charge in [-0.25, -0.2) is 8.42 Å². The Morgan fingerprint density at radius 2 is 2.05 bits per heavy atom. The molecular formula is C15H24N2O2S. The number of hydrogen-bond acceptors (Lipinski definition) is 3. The third-order valence-corrected chi connectivity index (χ3v) is 5.56. The first-order chi connectivity index (χ1) is 9.57. The van der Waals surface area contributed by atoms with Gasteiger partial charge in [0.1, 0.15) is 0 Å². The maximum Gasteiger partial charge on any atom is 0.243 e. The smallest absolute Gasteiger partial charge is 0.243 e. The van der Waals surface area contributed by atoms with E-state index in [0.29, 0.717) is 30.4 Å². The summed E-state index contributed by atoms with van der Waals surface area (Å²) in [5.41, 5.74) is 1.01. The summed E-state index contributed by atoms with van der Waals surface area (Å²) >= 11 is 0. The highest BCUT2D eigenvalue weighted by Crippen LogP contribution is 2.31. The molecule has 20 heavy (non-hydrogen) atoms. The normalized spacial score (nSPS) is 15.8. The van der Waals surface area contributed by atoms with Gasteiger partial charge in [0.15, 0.2) is 0 Å². The van der Waals surface area contributed by atoms with Crippen molar-refractivity contribution in [2.45, 2.75) is 38.1 Å². The Morgan fingerprint density at radius 1 is 1.30 bits per heavy atom. The Kier molecular flexibility index (Phi) is 5.18. The first-order valence-corrected chi connectivity index (χ1v) is 8.81. The summed E-state index contributed by atoms with van der Waals surface area (Å²) < 4.78 is 26.9. The molecule has 0 unspecified atom stereocenters. The van der Waals surface area contributed by atoms with Crippen molar-refractivity contribution >= 4 is 10.0 Å². The highest BCUT2D eigenvalue weighted by molar-refractivity contribution is 7.89. The van der Waals surface area contributed by atoms with Gasteiger partial charge in [0.2, 0.25) is 10.0 Å². The second-order valence-electron chi connectivity index (χ2n) is 5.33. The van der Waals surface area contributed by atoms with E-state index in [-0.39, 0.29) is 0 Å². The minimum atomic E-state index is -3.35. The fourth-order valence-corrected chi connectivity index (χ4v) is 3.82. The van der Waals surface area contributed by atoms with Crippen LogP contribution >= 0.6 is 0 Å². The summed E-state index contributed by atoms with van der Waals surface area (Å²) in [7, 11) is -3.35. The van der Waals surface area contributed by atoms with Gasteiger partial charge in [-0.2, -0.15) is 4.31 Å². The molecule has 1 aliphatic carbocycles. The number of sulfonamides is 1. The van der Waals surface area contributed by atoms with E-state index in [1.807, 2.05) is 26.0 Å². The highest BCUT2D eigenvalue weighted by Gasteiger charge is 2.30. The average molecular weight is 296 g/mol. The fourth-order valence-electron chi connectivity index (χ4n) is 2.22. The molecule has 0 aliphatic heterocycles. The molecule has 2 rings (SSSR count). The summed E-state index contributed by atoms with van der Waals surface area (Å²) in [4.78, 5) is 0.412. The van der Waals surface area contributed by atoms with Crippen LogP contribution in [0.3, 0.4) is 0 Å². The summed E-state index contributed by atoms with van der Waals surface area (Å²) in [6, 6.07) is 7.26. The molecule has 0 bridgehead atoms. The largest absolute Gasteiger partial charge is 0.313 e. The Bertz CT molecular complexity index is 539. The minimum Gasteiger partial charge on any atom is -0.313 e. The van der Waals surface area contributed by atoms with Crippen molar-refractivity contribution in [1.29, 1.82) is 0 Å². The zero-order chi connectivity index (χ0) is 14.6. The van der Waals surface area contributed by atoms with E-state index >= 15 is 0 Å². The number of hydrogen-bond donors (Lipinski definition) is 1. The van der Waals surface area contributed by atoms with Gasteiger partial charge in [0.25, 0.3) is 0 Å². The van der Waals surface area contributed by atoms with Crippen molar-refractivity contribution in [3.8, 4) is 0 Å². The van der Waals surface area contributed by atoms with Crippen LogP contribution in [0.5, 0.6) is 0 Å². The standard InChI is InChI=1S/C15H24N2O2S/c1-3-16-11-14-6-5-7-15(10-14)20(18,19)17(4-2)12-13-8-9-13/h5-7,10,13,16H,3-4,8-9,11-12H2,1-2H3. The second-order valence-corrected chi connectivity index (χ2v) is 7.26. The maximum atomic E-state index is 12.7. The number of benzene rings is 1. The zero-order valence-corrected chi connectivity index (χ0v) is 13.1. The Balaban J connectivity index is 2.18. The topological polar surface area (TPSA) is 49.4 Å². The van der Waals surface area contributed by atoms with Gasteiger partial charge in [-0.15, -0.1) is 0 Å². The molecule has 1 saturated carbocycles. The van der Waals surface area contributed by atoms with Crippen LogP contribution in [0.4, 0.5) is 0 Å². The van der Waals surface area contributed by atoms with E-state index in [2.05, 4.69) is 5.32 Å². The molecule has 112 valence electrons. The molecule has 5 heteroatoms. The predicted molar refractivity (Wildman–Crippen MR) is 81.0 cm³/mol. The third-order valence-electron chi connectivity index (χ3n) is 3.63. The molecule has 0 aromatic heterocycles. The van der Waals surface area contributed by atoms with E-state index in [9.17, 15) is 8.42 Å². The van der Waals surface area contributed by atoms with Crippen LogP contribution in [0.25, 0.3) is 0 Å². The van der Waals surface area contributed by atoms with Gasteiger partial charge in [0.05, 0.1) is 4.90 Å². The fraction of sp³-hybridized carbons (Fsp3) is 0.600. The van der Waals surface area contributed by atoms with Crippen molar-refractivity contribution in [1.82, 2.24) is 9.62 Å². The van der Waals surface area contributed by atoms with Crippen LogP contribution in [0.1, 0.15) is 32.3 Å². The van der Waals surface area contributed by atoms with Gasteiger partial charge in [-0.05, 0) is 43.0 Å². The summed E-state index contributed by atoms with van der Waals surface area (Å²) in [5, 5.41) is 3.22. The zero-order valence-electron chi connectivity index (χ0n) is 12.3. The van der Waals surface area contributed by atoms with Gasteiger partial charge >= 0.3 is 0 Å². The lowest BCUT2D eigenvalue weighted by molar-refractivity contribution is 0.412. The number of nitrogens with one attached hydrogen (secondary N) is 1. The van der Waals surface area contributed by atoms with E-state index in [1.54, 1.807) is 16.4 Å². The van der Waals surface area contributed by atoms with Crippen LogP contribution in [0.15, 0.2) is 29.2 Å². The Labute approximate surface area is 122 Å². The maximum absolute atomic E-state index is 12.7. The Hall–Kier alpha value is -0.910. The van der Waals surface area contributed by atoms with Crippen LogP contribution in [0.2, 0.25) is 0 Å². The first-order valence-electron chi connectivity index (χ1n) is 7.37. The molecule has 1 N–H and O–H groups in total. The highest BCUT2D eigenvalue weighted by atomic mass is 32.2. The summed E-state index contributed by atoms with van der Waals surface area (Å²) in [5.74, 6) is 0.565. The molecule has 1 fully saturated rings. The lowest BCUT2D eigenvalue weighted by Gasteiger charge is -2.20. The molecule has 0 radical (unpaired) electrons. The van der Waals surface area contributed by atoms with Gasteiger partial charge in [-0.1, -0.05) is 26.0 Å². The van der Waals surface area contributed by atoms with Crippen LogP contribution < -0.4 is 5.32 Å². The molecule has 0 atom stereocenters. The molecule has 0 amide bonds. The minimum absolute atomic E-state index is 0.412. The van der Waals surface area contributed by atoms with Gasteiger partial charge < -0.3 is 5.32 Å². The van der Waals surface area contributed by atoms with Crippen molar-refractivity contribution < 1.29 is 8.42 Å². The van der Waals surface area contributed by atoms with Crippen molar-refractivity contribution in [3.63, 3.8) is 0 Å².